The molecule has 0 amide bonds. The lowest BCUT2D eigenvalue weighted by Gasteiger charge is -2.17. The second kappa shape index (κ2) is 17.3. The Labute approximate surface area is 175 Å². The molecule has 0 bridgehead atoms. The summed E-state index contributed by atoms with van der Waals surface area (Å²) in [6, 6.07) is 0. The highest BCUT2D eigenvalue weighted by Crippen LogP contribution is 2.24. The van der Waals surface area contributed by atoms with Crippen molar-refractivity contribution in [1.29, 1.82) is 0 Å². The van der Waals surface area contributed by atoms with Crippen LogP contribution < -0.4 is 0 Å². The number of carbonyl (C=O) groups excluding carboxylic acids is 1. The smallest absolute Gasteiger partial charge is 0.305 e. The standard InChI is InChI=1S/C25H48O3/c1-4-6-8-10-11-13-18-23(17-12-9-7-5-2)20-28-25(26)19-15-14-16-22(3)24-21-27-24/h22-24H,4-21H2,1-3H3. The van der Waals surface area contributed by atoms with Gasteiger partial charge in [-0.1, -0.05) is 91.4 Å². The van der Waals surface area contributed by atoms with Gasteiger partial charge < -0.3 is 9.47 Å². The zero-order valence-corrected chi connectivity index (χ0v) is 19.2. The monoisotopic (exact) mass is 396 g/mol. The van der Waals surface area contributed by atoms with E-state index in [0.717, 1.165) is 25.9 Å². The fraction of sp³-hybridized carbons (Fsp3) is 0.960. The number of ether oxygens (including phenoxy) is 2. The van der Waals surface area contributed by atoms with Crippen LogP contribution in [0.1, 0.15) is 124 Å². The Morgan fingerprint density at radius 1 is 0.857 bits per heavy atom. The van der Waals surface area contributed by atoms with Gasteiger partial charge in [0, 0.05) is 6.42 Å². The molecule has 1 heterocycles. The van der Waals surface area contributed by atoms with E-state index in [-0.39, 0.29) is 5.97 Å². The number of epoxide rings is 1. The van der Waals surface area contributed by atoms with E-state index in [9.17, 15) is 4.79 Å². The highest BCUT2D eigenvalue weighted by molar-refractivity contribution is 5.69. The second-order valence-electron chi connectivity index (χ2n) is 9.05. The summed E-state index contributed by atoms with van der Waals surface area (Å²) >= 11 is 0. The van der Waals surface area contributed by atoms with Gasteiger partial charge >= 0.3 is 5.97 Å². The van der Waals surface area contributed by atoms with Crippen molar-refractivity contribution < 1.29 is 14.3 Å². The predicted molar refractivity (Wildman–Crippen MR) is 119 cm³/mol. The van der Waals surface area contributed by atoms with Crippen molar-refractivity contribution in [3.63, 3.8) is 0 Å². The zero-order valence-electron chi connectivity index (χ0n) is 19.2. The molecule has 0 N–H and O–H groups in total. The maximum absolute atomic E-state index is 12.1. The first-order chi connectivity index (χ1) is 13.7. The zero-order chi connectivity index (χ0) is 20.5. The topological polar surface area (TPSA) is 38.8 Å². The van der Waals surface area contributed by atoms with E-state index in [1.165, 1.54) is 77.0 Å². The minimum absolute atomic E-state index is 0.0110. The van der Waals surface area contributed by atoms with Gasteiger partial charge in [-0.2, -0.15) is 0 Å². The third-order valence-corrected chi connectivity index (χ3v) is 6.20. The summed E-state index contributed by atoms with van der Waals surface area (Å²) in [5.74, 6) is 1.22. The molecule has 3 atom stereocenters. The van der Waals surface area contributed by atoms with Crippen LogP contribution in [0.4, 0.5) is 0 Å². The first kappa shape index (κ1) is 25.5. The Morgan fingerprint density at radius 2 is 1.39 bits per heavy atom. The molecule has 1 aliphatic rings. The van der Waals surface area contributed by atoms with Gasteiger partial charge in [-0.15, -0.1) is 0 Å². The Balaban J connectivity index is 2.12. The SMILES string of the molecule is CCCCCCCCC(CCCCCC)COC(=O)CCCCC(C)C1CO1. The van der Waals surface area contributed by atoms with Gasteiger partial charge in [0.15, 0.2) is 0 Å². The lowest BCUT2D eigenvalue weighted by atomic mass is 9.95. The fourth-order valence-electron chi connectivity index (χ4n) is 3.97. The maximum Gasteiger partial charge on any atom is 0.305 e. The molecule has 3 unspecified atom stereocenters. The molecule has 1 rings (SSSR count). The third-order valence-electron chi connectivity index (χ3n) is 6.20. The van der Waals surface area contributed by atoms with Gasteiger partial charge in [0.1, 0.15) is 0 Å². The Kier molecular flexibility index (Phi) is 15.7. The third kappa shape index (κ3) is 14.4. The van der Waals surface area contributed by atoms with Crippen LogP contribution in [-0.2, 0) is 14.3 Å². The summed E-state index contributed by atoms with van der Waals surface area (Å²) in [5, 5.41) is 0. The molecule has 3 heteroatoms. The number of carbonyl (C=O) groups is 1. The van der Waals surface area contributed by atoms with Crippen LogP contribution in [0, 0.1) is 11.8 Å². The minimum atomic E-state index is 0.0110. The molecule has 28 heavy (non-hydrogen) atoms. The quantitative estimate of drug-likeness (QED) is 0.122. The maximum atomic E-state index is 12.1. The number of rotatable bonds is 20. The van der Waals surface area contributed by atoms with Gasteiger partial charge in [0.25, 0.3) is 0 Å². The first-order valence-corrected chi connectivity index (χ1v) is 12.4. The molecule has 1 fully saturated rings. The minimum Gasteiger partial charge on any atom is -0.465 e. The molecule has 0 spiro atoms. The molecule has 0 saturated carbocycles. The Bertz CT molecular complexity index is 365. The lowest BCUT2D eigenvalue weighted by Crippen LogP contribution is -2.14. The molecule has 3 nitrogen and oxygen atoms in total. The van der Waals surface area contributed by atoms with Gasteiger partial charge in [0.05, 0.1) is 19.3 Å². The van der Waals surface area contributed by atoms with E-state index in [1.807, 2.05) is 0 Å². The van der Waals surface area contributed by atoms with E-state index in [0.29, 0.717) is 31.0 Å². The van der Waals surface area contributed by atoms with E-state index in [2.05, 4.69) is 20.8 Å². The van der Waals surface area contributed by atoms with Crippen molar-refractivity contribution in [2.75, 3.05) is 13.2 Å². The van der Waals surface area contributed by atoms with Crippen molar-refractivity contribution in [2.24, 2.45) is 11.8 Å². The van der Waals surface area contributed by atoms with E-state index >= 15 is 0 Å². The average Bonchev–Trinajstić information content (AvgIpc) is 3.53. The molecule has 0 aromatic rings. The lowest BCUT2D eigenvalue weighted by molar-refractivity contribution is -0.145. The van der Waals surface area contributed by atoms with Crippen LogP contribution in [0.2, 0.25) is 0 Å². The van der Waals surface area contributed by atoms with Crippen molar-refractivity contribution in [2.45, 2.75) is 130 Å². The summed E-state index contributed by atoms with van der Waals surface area (Å²) in [4.78, 5) is 12.1. The van der Waals surface area contributed by atoms with Crippen LogP contribution in [0.25, 0.3) is 0 Å². The van der Waals surface area contributed by atoms with Gasteiger partial charge in [-0.05, 0) is 37.5 Å². The molecule has 1 aliphatic heterocycles. The Hall–Kier alpha value is -0.570. The number of unbranched alkanes of at least 4 members (excludes halogenated alkanes) is 9. The summed E-state index contributed by atoms with van der Waals surface area (Å²) in [7, 11) is 0. The summed E-state index contributed by atoms with van der Waals surface area (Å²) < 4.78 is 11.0. The molecule has 0 radical (unpaired) electrons. The van der Waals surface area contributed by atoms with Crippen molar-refractivity contribution >= 4 is 5.97 Å². The molecule has 1 saturated heterocycles. The molecule has 166 valence electrons. The Morgan fingerprint density at radius 3 is 2.00 bits per heavy atom. The van der Waals surface area contributed by atoms with Crippen LogP contribution >= 0.6 is 0 Å². The highest BCUT2D eigenvalue weighted by atomic mass is 16.6. The van der Waals surface area contributed by atoms with Gasteiger partial charge in [0.2, 0.25) is 0 Å². The van der Waals surface area contributed by atoms with Crippen LogP contribution in [0.5, 0.6) is 0 Å². The molecule has 0 aliphatic carbocycles. The van der Waals surface area contributed by atoms with Gasteiger partial charge in [-0.3, -0.25) is 4.79 Å². The molecule has 0 aromatic heterocycles. The normalized spacial score (nSPS) is 18.0. The highest BCUT2D eigenvalue weighted by Gasteiger charge is 2.28. The van der Waals surface area contributed by atoms with Crippen LogP contribution in [0.15, 0.2) is 0 Å². The predicted octanol–water partition coefficient (Wildman–Crippen LogP) is 7.46. The molecule has 0 aromatic carbocycles. The summed E-state index contributed by atoms with van der Waals surface area (Å²) in [6.07, 6.45) is 20.0. The van der Waals surface area contributed by atoms with E-state index < -0.39 is 0 Å². The second-order valence-corrected chi connectivity index (χ2v) is 9.05. The first-order valence-electron chi connectivity index (χ1n) is 12.4. The van der Waals surface area contributed by atoms with Crippen molar-refractivity contribution in [3.8, 4) is 0 Å². The average molecular weight is 397 g/mol. The molecular formula is C25H48O3. The largest absolute Gasteiger partial charge is 0.465 e. The van der Waals surface area contributed by atoms with Crippen molar-refractivity contribution in [1.82, 2.24) is 0 Å². The van der Waals surface area contributed by atoms with E-state index in [1.54, 1.807) is 0 Å². The number of hydrogen-bond acceptors (Lipinski definition) is 3. The van der Waals surface area contributed by atoms with E-state index in [4.69, 9.17) is 9.47 Å². The van der Waals surface area contributed by atoms with Gasteiger partial charge in [-0.25, -0.2) is 0 Å². The van der Waals surface area contributed by atoms with Crippen molar-refractivity contribution in [3.05, 3.63) is 0 Å². The fourth-order valence-corrected chi connectivity index (χ4v) is 3.97. The summed E-state index contributed by atoms with van der Waals surface area (Å²) in [5.41, 5.74) is 0. The molecular weight excluding hydrogens is 348 g/mol. The number of esters is 1. The van der Waals surface area contributed by atoms with Crippen LogP contribution in [-0.4, -0.2) is 25.3 Å². The summed E-state index contributed by atoms with van der Waals surface area (Å²) in [6.45, 7) is 8.35. The number of hydrogen-bond donors (Lipinski definition) is 0. The van der Waals surface area contributed by atoms with Crippen LogP contribution in [0.3, 0.4) is 0 Å².